The largest absolute Gasteiger partial charge is 0.487 e. The SMILES string of the molecule is CCc1c(C(=O)C(=O)Cl)c2c(OCc3ccccc3)cccn2c1Cc1ccc2ccccc2c1. The molecule has 0 radical (unpaired) electrons. The van der Waals surface area contributed by atoms with Gasteiger partial charge >= 0.3 is 0 Å². The first-order chi connectivity index (χ1) is 17.1. The predicted molar refractivity (Wildman–Crippen MR) is 139 cm³/mol. The summed E-state index contributed by atoms with van der Waals surface area (Å²) in [6, 6.07) is 28.1. The van der Waals surface area contributed by atoms with Gasteiger partial charge in [0.25, 0.3) is 5.24 Å². The van der Waals surface area contributed by atoms with Gasteiger partial charge in [-0.15, -0.1) is 0 Å². The zero-order chi connectivity index (χ0) is 24.4. The number of aromatic nitrogens is 1. The van der Waals surface area contributed by atoms with Crippen LogP contribution in [0.1, 0.15) is 39.7 Å². The molecular weight excluding hydrogens is 458 g/mol. The Morgan fingerprint density at radius 3 is 2.34 bits per heavy atom. The molecule has 0 fully saturated rings. The number of hydrogen-bond donors (Lipinski definition) is 0. The Balaban J connectivity index is 1.65. The Morgan fingerprint density at radius 2 is 1.60 bits per heavy atom. The molecule has 0 saturated heterocycles. The third-order valence-electron chi connectivity index (χ3n) is 6.32. The number of ketones is 1. The summed E-state index contributed by atoms with van der Waals surface area (Å²) < 4.78 is 8.14. The maximum Gasteiger partial charge on any atom is 0.293 e. The molecule has 0 unspecified atom stereocenters. The summed E-state index contributed by atoms with van der Waals surface area (Å²) in [5.41, 5.74) is 4.79. The first-order valence-corrected chi connectivity index (χ1v) is 12.0. The van der Waals surface area contributed by atoms with Crippen LogP contribution in [0.25, 0.3) is 16.3 Å². The summed E-state index contributed by atoms with van der Waals surface area (Å²) in [7, 11) is 0. The maximum absolute atomic E-state index is 13.1. The Morgan fingerprint density at radius 1 is 0.857 bits per heavy atom. The molecular formula is C30H24ClNO3. The Bertz CT molecular complexity index is 1550. The van der Waals surface area contributed by atoms with Crippen LogP contribution in [0.5, 0.6) is 5.75 Å². The minimum Gasteiger partial charge on any atom is -0.487 e. The molecule has 0 aliphatic carbocycles. The van der Waals surface area contributed by atoms with E-state index >= 15 is 0 Å². The molecule has 5 heteroatoms. The van der Waals surface area contributed by atoms with E-state index in [0.29, 0.717) is 36.3 Å². The zero-order valence-corrected chi connectivity index (χ0v) is 20.1. The number of hydrogen-bond acceptors (Lipinski definition) is 3. The molecule has 4 nitrogen and oxygen atoms in total. The molecule has 0 aliphatic heterocycles. The third-order valence-corrected chi connectivity index (χ3v) is 6.49. The second-order valence-corrected chi connectivity index (χ2v) is 8.82. The van der Waals surface area contributed by atoms with Crippen molar-refractivity contribution in [3.05, 3.63) is 119 Å². The van der Waals surface area contributed by atoms with Gasteiger partial charge in [-0.1, -0.05) is 79.7 Å². The van der Waals surface area contributed by atoms with E-state index in [-0.39, 0.29) is 0 Å². The van der Waals surface area contributed by atoms with Gasteiger partial charge in [0, 0.05) is 18.3 Å². The van der Waals surface area contributed by atoms with Gasteiger partial charge in [0.2, 0.25) is 5.78 Å². The van der Waals surface area contributed by atoms with Crippen molar-refractivity contribution in [1.29, 1.82) is 0 Å². The molecule has 5 aromatic rings. The number of carbonyl (C=O) groups excluding carboxylic acids is 2. The van der Waals surface area contributed by atoms with Crippen LogP contribution in [-0.4, -0.2) is 15.4 Å². The first-order valence-electron chi connectivity index (χ1n) is 11.6. The van der Waals surface area contributed by atoms with Crippen molar-refractivity contribution in [3.8, 4) is 5.75 Å². The monoisotopic (exact) mass is 481 g/mol. The summed E-state index contributed by atoms with van der Waals surface area (Å²) in [6.45, 7) is 2.33. The van der Waals surface area contributed by atoms with Gasteiger partial charge in [0.15, 0.2) is 0 Å². The van der Waals surface area contributed by atoms with E-state index in [1.165, 1.54) is 5.39 Å². The van der Waals surface area contributed by atoms with Crippen LogP contribution in [-0.2, 0) is 24.2 Å². The number of nitrogens with zero attached hydrogens (tertiary/aromatic N) is 1. The van der Waals surface area contributed by atoms with Gasteiger partial charge in [-0.25, -0.2) is 0 Å². The summed E-state index contributed by atoms with van der Waals surface area (Å²) in [6.07, 6.45) is 3.09. The highest BCUT2D eigenvalue weighted by Gasteiger charge is 2.28. The van der Waals surface area contributed by atoms with Crippen LogP contribution in [0, 0.1) is 0 Å². The number of pyridine rings is 1. The molecule has 174 valence electrons. The summed E-state index contributed by atoms with van der Waals surface area (Å²) in [5.74, 6) is -0.168. The van der Waals surface area contributed by atoms with Gasteiger partial charge in [-0.3, -0.25) is 9.59 Å². The zero-order valence-electron chi connectivity index (χ0n) is 19.3. The number of benzene rings is 3. The molecule has 0 atom stereocenters. The van der Waals surface area contributed by atoms with Crippen molar-refractivity contribution in [3.63, 3.8) is 0 Å². The molecule has 2 heterocycles. The number of carbonyl (C=O) groups is 2. The summed E-state index contributed by atoms with van der Waals surface area (Å²) in [5, 5.41) is 1.33. The number of rotatable bonds is 8. The fourth-order valence-corrected chi connectivity index (χ4v) is 4.79. The highest BCUT2D eigenvalue weighted by Crippen LogP contribution is 2.34. The summed E-state index contributed by atoms with van der Waals surface area (Å²) in [4.78, 5) is 25.1. The lowest BCUT2D eigenvalue weighted by Gasteiger charge is -2.11. The molecule has 3 aromatic carbocycles. The quantitative estimate of drug-likeness (QED) is 0.139. The minimum atomic E-state index is -0.998. The lowest BCUT2D eigenvalue weighted by Crippen LogP contribution is -2.10. The van der Waals surface area contributed by atoms with Gasteiger partial charge in [-0.05, 0) is 57.6 Å². The average molecular weight is 482 g/mol. The van der Waals surface area contributed by atoms with Crippen molar-refractivity contribution in [2.45, 2.75) is 26.4 Å². The third kappa shape index (κ3) is 4.45. The topological polar surface area (TPSA) is 47.8 Å². The van der Waals surface area contributed by atoms with Gasteiger partial charge in [-0.2, -0.15) is 0 Å². The van der Waals surface area contributed by atoms with Crippen LogP contribution in [0.3, 0.4) is 0 Å². The maximum atomic E-state index is 13.1. The van der Waals surface area contributed by atoms with E-state index in [2.05, 4.69) is 30.3 Å². The molecule has 0 spiro atoms. The molecule has 0 aliphatic rings. The number of Topliss-reactive ketones (excluding diaryl/α,β-unsaturated/α-hetero) is 1. The average Bonchev–Trinajstić information content (AvgIpc) is 3.21. The minimum absolute atomic E-state index is 0.326. The van der Waals surface area contributed by atoms with E-state index in [1.54, 1.807) is 0 Å². The van der Waals surface area contributed by atoms with Crippen LogP contribution in [0.4, 0.5) is 0 Å². The van der Waals surface area contributed by atoms with E-state index in [4.69, 9.17) is 16.3 Å². The van der Waals surface area contributed by atoms with Crippen molar-refractivity contribution in [2.75, 3.05) is 0 Å². The smallest absolute Gasteiger partial charge is 0.293 e. The lowest BCUT2D eigenvalue weighted by atomic mass is 9.98. The molecule has 0 saturated carbocycles. The normalized spacial score (nSPS) is 11.1. The molecule has 35 heavy (non-hydrogen) atoms. The molecule has 5 rings (SSSR count). The van der Waals surface area contributed by atoms with Crippen LogP contribution >= 0.6 is 11.6 Å². The van der Waals surface area contributed by atoms with E-state index in [1.807, 2.05) is 72.1 Å². The van der Waals surface area contributed by atoms with Crippen LogP contribution in [0.2, 0.25) is 0 Å². The highest BCUT2D eigenvalue weighted by atomic mass is 35.5. The van der Waals surface area contributed by atoms with E-state index < -0.39 is 11.0 Å². The summed E-state index contributed by atoms with van der Waals surface area (Å²) >= 11 is 5.71. The highest BCUT2D eigenvalue weighted by molar-refractivity contribution is 6.83. The van der Waals surface area contributed by atoms with Gasteiger partial charge in [0.1, 0.15) is 12.4 Å². The van der Waals surface area contributed by atoms with Gasteiger partial charge < -0.3 is 9.14 Å². The molecule has 0 amide bonds. The van der Waals surface area contributed by atoms with Crippen LogP contribution < -0.4 is 4.74 Å². The first kappa shape index (κ1) is 22.9. The number of halogens is 1. The van der Waals surface area contributed by atoms with Gasteiger partial charge in [0.05, 0.1) is 11.1 Å². The van der Waals surface area contributed by atoms with Crippen molar-refractivity contribution in [1.82, 2.24) is 4.40 Å². The second kappa shape index (κ2) is 9.77. The second-order valence-electron chi connectivity index (χ2n) is 8.48. The lowest BCUT2D eigenvalue weighted by molar-refractivity contribution is -0.108. The Labute approximate surface area is 208 Å². The molecule has 2 aromatic heterocycles. The fraction of sp³-hybridized carbons (Fsp3) is 0.133. The van der Waals surface area contributed by atoms with Crippen molar-refractivity contribution in [2.24, 2.45) is 0 Å². The van der Waals surface area contributed by atoms with Crippen molar-refractivity contribution >= 4 is 38.9 Å². The van der Waals surface area contributed by atoms with E-state index in [9.17, 15) is 9.59 Å². The van der Waals surface area contributed by atoms with E-state index in [0.717, 1.165) is 27.8 Å². The molecule has 0 bridgehead atoms. The molecule has 0 N–H and O–H groups in total. The Hall–Kier alpha value is -3.89. The fourth-order valence-electron chi connectivity index (χ4n) is 4.70. The van der Waals surface area contributed by atoms with Crippen molar-refractivity contribution < 1.29 is 14.3 Å². The number of fused-ring (bicyclic) bond motifs is 2. The number of ether oxygens (including phenoxy) is 1. The van der Waals surface area contributed by atoms with Crippen LogP contribution in [0.15, 0.2) is 91.1 Å². The Kier molecular flexibility index (Phi) is 6.39. The standard InChI is InChI=1S/C30H24ClNO3/c1-2-24-25(18-21-14-15-22-11-6-7-12-23(22)17-21)32-16-8-13-26(28(32)27(24)29(33)30(31)34)35-19-20-9-4-3-5-10-20/h3-17H,2,18-19H2,1H3. The predicted octanol–water partition coefficient (Wildman–Crippen LogP) is 6.77.